The standard InChI is InChI=1S/C14H17ClN4S/c1-19-9-2-3-10(19)7-8(6-9)16-13-11(15)4-5-12-14(13)18-20-17-12/h4-5,8-10,16H,2-3,6-7H2,1H3. The van der Waals surface area contributed by atoms with Crippen LogP contribution in [0.15, 0.2) is 12.1 Å². The summed E-state index contributed by atoms with van der Waals surface area (Å²) in [5.74, 6) is 0. The van der Waals surface area contributed by atoms with Crippen molar-refractivity contribution in [2.45, 2.75) is 43.8 Å². The summed E-state index contributed by atoms with van der Waals surface area (Å²) in [6.07, 6.45) is 5.04. The molecule has 2 unspecified atom stereocenters. The van der Waals surface area contributed by atoms with E-state index in [1.807, 2.05) is 12.1 Å². The summed E-state index contributed by atoms with van der Waals surface area (Å²) in [4.78, 5) is 2.55. The third-order valence-corrected chi connectivity index (χ3v) is 5.68. The Balaban J connectivity index is 1.62. The van der Waals surface area contributed by atoms with Gasteiger partial charge in [-0.2, -0.15) is 8.75 Å². The normalized spacial score (nSPS) is 30.0. The molecule has 0 amide bonds. The van der Waals surface area contributed by atoms with Crippen LogP contribution in [-0.4, -0.2) is 38.8 Å². The van der Waals surface area contributed by atoms with Gasteiger partial charge in [0.1, 0.15) is 11.0 Å². The van der Waals surface area contributed by atoms with Crippen molar-refractivity contribution < 1.29 is 0 Å². The molecule has 4 nitrogen and oxygen atoms in total. The van der Waals surface area contributed by atoms with Gasteiger partial charge in [0.15, 0.2) is 0 Å². The molecule has 2 atom stereocenters. The molecule has 2 aliphatic rings. The average molecular weight is 309 g/mol. The van der Waals surface area contributed by atoms with Crippen molar-refractivity contribution in [3.05, 3.63) is 17.2 Å². The third-order valence-electron chi connectivity index (χ3n) is 4.82. The topological polar surface area (TPSA) is 41.0 Å². The van der Waals surface area contributed by atoms with Crippen LogP contribution in [0.4, 0.5) is 5.69 Å². The molecule has 2 aromatic rings. The highest BCUT2D eigenvalue weighted by atomic mass is 35.5. The number of aromatic nitrogens is 2. The predicted molar refractivity (Wildman–Crippen MR) is 83.6 cm³/mol. The minimum Gasteiger partial charge on any atom is -0.379 e. The lowest BCUT2D eigenvalue weighted by Gasteiger charge is -2.37. The molecule has 4 rings (SSSR count). The summed E-state index contributed by atoms with van der Waals surface area (Å²) >= 11 is 7.61. The Hall–Kier alpha value is -0.910. The molecule has 2 saturated heterocycles. The second-order valence-corrected chi connectivity index (χ2v) is 6.85. The van der Waals surface area contributed by atoms with Crippen molar-refractivity contribution in [1.82, 2.24) is 13.6 Å². The van der Waals surface area contributed by atoms with E-state index in [0.29, 0.717) is 6.04 Å². The first-order valence-corrected chi connectivity index (χ1v) is 8.22. The molecule has 0 radical (unpaired) electrons. The van der Waals surface area contributed by atoms with Crippen LogP contribution in [0.5, 0.6) is 0 Å². The van der Waals surface area contributed by atoms with Crippen LogP contribution in [0.1, 0.15) is 25.7 Å². The van der Waals surface area contributed by atoms with Crippen molar-refractivity contribution in [3.63, 3.8) is 0 Å². The lowest BCUT2D eigenvalue weighted by atomic mass is 9.97. The zero-order chi connectivity index (χ0) is 13.7. The van der Waals surface area contributed by atoms with E-state index in [2.05, 4.69) is 26.0 Å². The molecule has 20 heavy (non-hydrogen) atoms. The molecule has 1 N–H and O–H groups in total. The Bertz CT molecular complexity index is 629. The zero-order valence-corrected chi connectivity index (χ0v) is 12.9. The third kappa shape index (κ3) is 2.00. The quantitative estimate of drug-likeness (QED) is 0.923. The van der Waals surface area contributed by atoms with E-state index in [4.69, 9.17) is 11.6 Å². The van der Waals surface area contributed by atoms with Crippen LogP contribution in [0.2, 0.25) is 5.02 Å². The first-order valence-electron chi connectivity index (χ1n) is 7.11. The molecule has 2 bridgehead atoms. The Morgan fingerprint density at radius 1 is 1.25 bits per heavy atom. The molecule has 2 fully saturated rings. The number of anilines is 1. The average Bonchev–Trinajstić information content (AvgIpc) is 2.96. The Morgan fingerprint density at radius 3 is 2.75 bits per heavy atom. The molecule has 1 aromatic heterocycles. The van der Waals surface area contributed by atoms with Crippen LogP contribution in [0.3, 0.4) is 0 Å². The lowest BCUT2D eigenvalue weighted by molar-refractivity contribution is 0.169. The van der Waals surface area contributed by atoms with Crippen LogP contribution in [0, 0.1) is 0 Å². The fraction of sp³-hybridized carbons (Fsp3) is 0.571. The summed E-state index contributed by atoms with van der Waals surface area (Å²) in [7, 11) is 2.26. The summed E-state index contributed by atoms with van der Waals surface area (Å²) in [5.41, 5.74) is 2.80. The first kappa shape index (κ1) is 12.8. The molecule has 0 saturated carbocycles. The Morgan fingerprint density at radius 2 is 2.00 bits per heavy atom. The van der Waals surface area contributed by atoms with Crippen molar-refractivity contribution in [2.75, 3.05) is 12.4 Å². The first-order chi connectivity index (χ1) is 9.72. The monoisotopic (exact) mass is 308 g/mol. The summed E-state index contributed by atoms with van der Waals surface area (Å²) in [6, 6.07) is 5.78. The van der Waals surface area contributed by atoms with Crippen molar-refractivity contribution in [3.8, 4) is 0 Å². The molecule has 2 aliphatic heterocycles. The van der Waals surface area contributed by atoms with Gasteiger partial charge >= 0.3 is 0 Å². The van der Waals surface area contributed by atoms with Crippen LogP contribution in [0.25, 0.3) is 11.0 Å². The number of piperidine rings is 1. The Labute approximate surface area is 127 Å². The van der Waals surface area contributed by atoms with Gasteiger partial charge in [0, 0.05) is 18.1 Å². The van der Waals surface area contributed by atoms with Gasteiger partial charge in [-0.3, -0.25) is 0 Å². The van der Waals surface area contributed by atoms with Gasteiger partial charge in [-0.15, -0.1) is 0 Å². The SMILES string of the molecule is CN1C2CCC1CC(Nc1c(Cl)ccc3nsnc13)C2. The van der Waals surface area contributed by atoms with E-state index in [0.717, 1.165) is 33.8 Å². The summed E-state index contributed by atoms with van der Waals surface area (Å²) in [5, 5.41) is 4.39. The van der Waals surface area contributed by atoms with E-state index in [1.165, 1.54) is 37.4 Å². The molecule has 0 spiro atoms. The largest absolute Gasteiger partial charge is 0.379 e. The molecule has 1 aromatic carbocycles. The number of nitrogens with zero attached hydrogens (tertiary/aromatic N) is 3. The molecule has 106 valence electrons. The van der Waals surface area contributed by atoms with Crippen LogP contribution in [-0.2, 0) is 0 Å². The smallest absolute Gasteiger partial charge is 0.129 e. The highest BCUT2D eigenvalue weighted by Gasteiger charge is 2.38. The predicted octanol–water partition coefficient (Wildman–Crippen LogP) is 3.38. The van der Waals surface area contributed by atoms with E-state index in [-0.39, 0.29) is 0 Å². The molecular weight excluding hydrogens is 292 g/mol. The fourth-order valence-corrected chi connectivity index (χ4v) is 4.45. The van der Waals surface area contributed by atoms with Gasteiger partial charge in [0.2, 0.25) is 0 Å². The lowest BCUT2D eigenvalue weighted by Crippen LogP contribution is -2.44. The summed E-state index contributed by atoms with van der Waals surface area (Å²) in [6.45, 7) is 0. The fourth-order valence-electron chi connectivity index (χ4n) is 3.70. The van der Waals surface area contributed by atoms with Gasteiger partial charge in [0.25, 0.3) is 0 Å². The molecule has 6 heteroatoms. The highest BCUT2D eigenvalue weighted by molar-refractivity contribution is 7.00. The van der Waals surface area contributed by atoms with Crippen LogP contribution >= 0.6 is 23.3 Å². The molecule has 0 aliphatic carbocycles. The van der Waals surface area contributed by atoms with E-state index in [9.17, 15) is 0 Å². The highest BCUT2D eigenvalue weighted by Crippen LogP contribution is 2.37. The maximum Gasteiger partial charge on any atom is 0.129 e. The molecule has 3 heterocycles. The number of halogens is 1. The van der Waals surface area contributed by atoms with Crippen molar-refractivity contribution in [1.29, 1.82) is 0 Å². The minimum atomic E-state index is 0.494. The Kier molecular flexibility index (Phi) is 3.09. The van der Waals surface area contributed by atoms with Crippen LogP contribution < -0.4 is 5.32 Å². The number of hydrogen-bond donors (Lipinski definition) is 1. The minimum absolute atomic E-state index is 0.494. The number of fused-ring (bicyclic) bond motifs is 3. The zero-order valence-electron chi connectivity index (χ0n) is 11.3. The second kappa shape index (κ2) is 4.83. The second-order valence-electron chi connectivity index (χ2n) is 5.92. The summed E-state index contributed by atoms with van der Waals surface area (Å²) < 4.78 is 8.68. The van der Waals surface area contributed by atoms with E-state index in [1.54, 1.807) is 0 Å². The number of rotatable bonds is 2. The van der Waals surface area contributed by atoms with Gasteiger partial charge in [-0.05, 0) is 44.9 Å². The number of hydrogen-bond acceptors (Lipinski definition) is 5. The maximum atomic E-state index is 6.36. The van der Waals surface area contributed by atoms with E-state index >= 15 is 0 Å². The van der Waals surface area contributed by atoms with E-state index < -0.39 is 0 Å². The van der Waals surface area contributed by atoms with Crippen molar-refractivity contribution in [2.24, 2.45) is 0 Å². The number of benzene rings is 1. The maximum absolute atomic E-state index is 6.36. The number of nitrogens with one attached hydrogen (secondary N) is 1. The van der Waals surface area contributed by atoms with Gasteiger partial charge < -0.3 is 10.2 Å². The van der Waals surface area contributed by atoms with Gasteiger partial charge in [0.05, 0.1) is 22.4 Å². The molecular formula is C14H17ClN4S. The van der Waals surface area contributed by atoms with Gasteiger partial charge in [-0.25, -0.2) is 0 Å². The van der Waals surface area contributed by atoms with Gasteiger partial charge in [-0.1, -0.05) is 11.6 Å². The van der Waals surface area contributed by atoms with Crippen molar-refractivity contribution >= 4 is 40.0 Å².